The lowest BCUT2D eigenvalue weighted by atomic mass is 10.1. The summed E-state index contributed by atoms with van der Waals surface area (Å²) >= 11 is 0. The molecular formula is C14H17FN2O3. The Kier molecular flexibility index (Phi) is 4.68. The Morgan fingerprint density at radius 3 is 2.80 bits per heavy atom. The third kappa shape index (κ3) is 3.54. The van der Waals surface area contributed by atoms with Gasteiger partial charge in [0.15, 0.2) is 0 Å². The fourth-order valence-corrected chi connectivity index (χ4v) is 2.24. The maximum atomic E-state index is 12.9. The number of halogens is 1. The van der Waals surface area contributed by atoms with Gasteiger partial charge in [-0.1, -0.05) is 12.1 Å². The van der Waals surface area contributed by atoms with Crippen LogP contribution in [0.1, 0.15) is 12.0 Å². The molecule has 1 aromatic carbocycles. The standard InChI is InChI=1S/C14H17FN2O3/c1-20-13(18)8-12-14(19)16-6-7-17(12)9-10-2-4-11(15)5-3-10/h2-5,12H,6-9H2,1H3,(H,16,19)/t12-/m1/s1. The lowest BCUT2D eigenvalue weighted by Gasteiger charge is -2.34. The number of nitrogens with zero attached hydrogens (tertiary/aromatic N) is 1. The lowest BCUT2D eigenvalue weighted by molar-refractivity contribution is -0.146. The molecule has 1 amide bonds. The second-order valence-electron chi connectivity index (χ2n) is 4.68. The van der Waals surface area contributed by atoms with Crippen molar-refractivity contribution in [2.45, 2.75) is 19.0 Å². The first-order chi connectivity index (χ1) is 9.60. The number of carbonyl (C=O) groups excluding carboxylic acids is 2. The fourth-order valence-electron chi connectivity index (χ4n) is 2.24. The van der Waals surface area contributed by atoms with Crippen molar-refractivity contribution in [3.63, 3.8) is 0 Å². The summed E-state index contributed by atoms with van der Waals surface area (Å²) in [5, 5.41) is 2.74. The highest BCUT2D eigenvalue weighted by Crippen LogP contribution is 2.14. The van der Waals surface area contributed by atoms with Crippen molar-refractivity contribution in [1.82, 2.24) is 10.2 Å². The maximum Gasteiger partial charge on any atom is 0.307 e. The van der Waals surface area contributed by atoms with Gasteiger partial charge < -0.3 is 10.1 Å². The van der Waals surface area contributed by atoms with E-state index in [4.69, 9.17) is 0 Å². The van der Waals surface area contributed by atoms with Crippen molar-refractivity contribution in [2.24, 2.45) is 0 Å². The van der Waals surface area contributed by atoms with Gasteiger partial charge in [-0.25, -0.2) is 4.39 Å². The summed E-state index contributed by atoms with van der Waals surface area (Å²) in [5.41, 5.74) is 0.899. The van der Waals surface area contributed by atoms with Crippen LogP contribution in [-0.2, 0) is 20.9 Å². The van der Waals surface area contributed by atoms with Crippen molar-refractivity contribution in [1.29, 1.82) is 0 Å². The molecule has 0 radical (unpaired) electrons. The van der Waals surface area contributed by atoms with Crippen LogP contribution in [0.15, 0.2) is 24.3 Å². The molecule has 1 aliphatic heterocycles. The highest BCUT2D eigenvalue weighted by atomic mass is 19.1. The molecule has 2 rings (SSSR count). The molecule has 1 fully saturated rings. The number of rotatable bonds is 4. The Balaban J connectivity index is 2.08. The first kappa shape index (κ1) is 14.5. The summed E-state index contributed by atoms with van der Waals surface area (Å²) in [5.74, 6) is -0.892. The van der Waals surface area contributed by atoms with Gasteiger partial charge in [0, 0.05) is 19.6 Å². The molecule has 0 spiro atoms. The van der Waals surface area contributed by atoms with Gasteiger partial charge in [-0.05, 0) is 17.7 Å². The molecule has 5 nitrogen and oxygen atoms in total. The largest absolute Gasteiger partial charge is 0.469 e. The number of ether oxygens (including phenoxy) is 1. The summed E-state index contributed by atoms with van der Waals surface area (Å²) < 4.78 is 17.5. The van der Waals surface area contributed by atoms with E-state index in [1.807, 2.05) is 4.90 Å². The molecule has 0 saturated carbocycles. The van der Waals surface area contributed by atoms with Crippen LogP contribution in [0, 0.1) is 5.82 Å². The third-order valence-electron chi connectivity index (χ3n) is 3.33. The molecule has 1 aliphatic rings. The van der Waals surface area contributed by atoms with Crippen molar-refractivity contribution < 1.29 is 18.7 Å². The van der Waals surface area contributed by atoms with Crippen LogP contribution in [0.5, 0.6) is 0 Å². The van der Waals surface area contributed by atoms with Gasteiger partial charge in [-0.2, -0.15) is 0 Å². The summed E-state index contributed by atoms with van der Waals surface area (Å²) in [6.45, 7) is 1.68. The molecule has 0 aliphatic carbocycles. The van der Waals surface area contributed by atoms with Crippen LogP contribution in [0.4, 0.5) is 4.39 Å². The molecule has 20 heavy (non-hydrogen) atoms. The first-order valence-corrected chi connectivity index (χ1v) is 6.43. The Morgan fingerprint density at radius 2 is 2.15 bits per heavy atom. The number of carbonyl (C=O) groups is 2. The van der Waals surface area contributed by atoms with Gasteiger partial charge in [0.2, 0.25) is 5.91 Å². The molecule has 0 aromatic heterocycles. The quantitative estimate of drug-likeness (QED) is 0.824. The van der Waals surface area contributed by atoms with Crippen LogP contribution in [-0.4, -0.2) is 43.0 Å². The highest BCUT2D eigenvalue weighted by Gasteiger charge is 2.31. The Bertz CT molecular complexity index is 490. The van der Waals surface area contributed by atoms with Crippen molar-refractivity contribution >= 4 is 11.9 Å². The smallest absolute Gasteiger partial charge is 0.307 e. The van der Waals surface area contributed by atoms with Crippen molar-refractivity contribution in [2.75, 3.05) is 20.2 Å². The van der Waals surface area contributed by atoms with Gasteiger partial charge in [0.25, 0.3) is 0 Å². The Labute approximate surface area is 116 Å². The minimum absolute atomic E-state index is 0.0174. The molecule has 1 heterocycles. The second-order valence-corrected chi connectivity index (χ2v) is 4.68. The number of methoxy groups -OCH3 is 1. The van der Waals surface area contributed by atoms with Crippen LogP contribution < -0.4 is 5.32 Å². The number of hydrogen-bond acceptors (Lipinski definition) is 4. The van der Waals surface area contributed by atoms with E-state index in [9.17, 15) is 14.0 Å². The Hall–Kier alpha value is -1.95. The molecule has 0 bridgehead atoms. The number of nitrogens with one attached hydrogen (secondary N) is 1. The summed E-state index contributed by atoms with van der Waals surface area (Å²) in [7, 11) is 1.30. The van der Waals surface area contributed by atoms with E-state index in [0.717, 1.165) is 5.56 Å². The summed E-state index contributed by atoms with van der Waals surface area (Å²) in [4.78, 5) is 25.2. The van der Waals surface area contributed by atoms with Gasteiger partial charge in [0.1, 0.15) is 11.9 Å². The van der Waals surface area contributed by atoms with Gasteiger partial charge >= 0.3 is 5.97 Å². The molecule has 6 heteroatoms. The minimum Gasteiger partial charge on any atom is -0.469 e. The average molecular weight is 280 g/mol. The van der Waals surface area contributed by atoms with Gasteiger partial charge in [0.05, 0.1) is 13.5 Å². The summed E-state index contributed by atoms with van der Waals surface area (Å²) in [6, 6.07) is 5.58. The van der Waals surface area contributed by atoms with Crippen LogP contribution in [0.3, 0.4) is 0 Å². The molecule has 1 saturated heterocycles. The van der Waals surface area contributed by atoms with Crippen molar-refractivity contribution in [3.05, 3.63) is 35.6 Å². The molecule has 1 aromatic rings. The van der Waals surface area contributed by atoms with E-state index in [0.29, 0.717) is 19.6 Å². The zero-order valence-electron chi connectivity index (χ0n) is 11.3. The normalized spacial score (nSPS) is 19.5. The minimum atomic E-state index is -0.541. The van der Waals surface area contributed by atoms with E-state index >= 15 is 0 Å². The highest BCUT2D eigenvalue weighted by molar-refractivity contribution is 5.87. The van der Waals surface area contributed by atoms with E-state index < -0.39 is 12.0 Å². The van der Waals surface area contributed by atoms with Crippen LogP contribution >= 0.6 is 0 Å². The lowest BCUT2D eigenvalue weighted by Crippen LogP contribution is -2.55. The van der Waals surface area contributed by atoms with Gasteiger partial charge in [-0.15, -0.1) is 0 Å². The SMILES string of the molecule is COC(=O)C[C@@H]1C(=O)NCCN1Cc1ccc(F)cc1. The predicted molar refractivity (Wildman–Crippen MR) is 70.2 cm³/mol. The topological polar surface area (TPSA) is 58.6 Å². The zero-order chi connectivity index (χ0) is 14.5. The molecular weight excluding hydrogens is 263 g/mol. The number of esters is 1. The average Bonchev–Trinajstić information content (AvgIpc) is 2.45. The number of benzene rings is 1. The maximum absolute atomic E-state index is 12.9. The molecule has 1 atom stereocenters. The summed E-state index contributed by atoms with van der Waals surface area (Å²) in [6.07, 6.45) is 0.0174. The molecule has 0 unspecified atom stereocenters. The van der Waals surface area contributed by atoms with E-state index in [1.54, 1.807) is 12.1 Å². The molecule has 108 valence electrons. The number of piperazine rings is 1. The number of hydrogen-bond donors (Lipinski definition) is 1. The third-order valence-corrected chi connectivity index (χ3v) is 3.33. The van der Waals surface area contributed by atoms with Crippen molar-refractivity contribution in [3.8, 4) is 0 Å². The first-order valence-electron chi connectivity index (χ1n) is 6.43. The van der Waals surface area contributed by atoms with Crippen LogP contribution in [0.2, 0.25) is 0 Å². The van der Waals surface area contributed by atoms with E-state index in [2.05, 4.69) is 10.1 Å². The fraction of sp³-hybridized carbons (Fsp3) is 0.429. The van der Waals surface area contributed by atoms with E-state index in [-0.39, 0.29) is 18.1 Å². The molecule has 1 N–H and O–H groups in total. The predicted octanol–water partition coefficient (Wildman–Crippen LogP) is 0.689. The number of amides is 1. The zero-order valence-corrected chi connectivity index (χ0v) is 11.3. The Morgan fingerprint density at radius 1 is 1.45 bits per heavy atom. The second kappa shape index (κ2) is 6.47. The van der Waals surface area contributed by atoms with Crippen LogP contribution in [0.25, 0.3) is 0 Å². The van der Waals surface area contributed by atoms with E-state index in [1.165, 1.54) is 19.2 Å². The van der Waals surface area contributed by atoms with Gasteiger partial charge in [-0.3, -0.25) is 14.5 Å². The monoisotopic (exact) mass is 280 g/mol.